The topological polar surface area (TPSA) is 35.5 Å². The van der Waals surface area contributed by atoms with Crippen LogP contribution in [0.2, 0.25) is 0 Å². The van der Waals surface area contributed by atoms with Gasteiger partial charge in [0.1, 0.15) is 5.69 Å². The molecule has 0 radical (unpaired) electrons. The van der Waals surface area contributed by atoms with Crippen molar-refractivity contribution in [2.45, 2.75) is 18.9 Å². The van der Waals surface area contributed by atoms with Gasteiger partial charge < -0.3 is 15.3 Å². The lowest BCUT2D eigenvalue weighted by atomic mass is 10.1. The molecule has 0 saturated carbocycles. The molecule has 1 unspecified atom stereocenters. The van der Waals surface area contributed by atoms with Crippen LogP contribution in [0.4, 0.5) is 27.6 Å². The summed E-state index contributed by atoms with van der Waals surface area (Å²) in [5.41, 5.74) is -0.992. The molecular weight excluding hydrogens is 295 g/mol. The van der Waals surface area contributed by atoms with Gasteiger partial charge in [-0.2, -0.15) is 0 Å². The van der Waals surface area contributed by atoms with Crippen LogP contribution in [0, 0.1) is 29.1 Å². The first-order valence-corrected chi connectivity index (χ1v) is 6.58. The van der Waals surface area contributed by atoms with Crippen molar-refractivity contribution in [1.29, 1.82) is 0 Å². The molecule has 1 aromatic carbocycles. The molecule has 2 rings (SSSR count). The van der Waals surface area contributed by atoms with Gasteiger partial charge >= 0.3 is 0 Å². The van der Waals surface area contributed by atoms with Crippen LogP contribution in [-0.4, -0.2) is 37.4 Å². The number of halogens is 5. The van der Waals surface area contributed by atoms with E-state index in [2.05, 4.69) is 5.32 Å². The van der Waals surface area contributed by atoms with Gasteiger partial charge in [-0.25, -0.2) is 22.0 Å². The summed E-state index contributed by atoms with van der Waals surface area (Å²) in [6.45, 7) is 0.0936. The first-order chi connectivity index (χ1) is 9.97. The minimum atomic E-state index is -2.18. The number of hydrogen-bond acceptors (Lipinski definition) is 3. The van der Waals surface area contributed by atoms with E-state index in [1.807, 2.05) is 0 Å². The van der Waals surface area contributed by atoms with Crippen LogP contribution < -0.4 is 10.2 Å². The second-order valence-corrected chi connectivity index (χ2v) is 4.88. The van der Waals surface area contributed by atoms with Gasteiger partial charge in [-0.15, -0.1) is 0 Å². The van der Waals surface area contributed by atoms with E-state index < -0.39 is 41.4 Å². The number of aliphatic hydroxyl groups excluding tert-OH is 1. The molecule has 118 valence electrons. The van der Waals surface area contributed by atoms with Gasteiger partial charge in [0, 0.05) is 19.1 Å². The molecule has 0 aliphatic carbocycles. The number of nitrogens with zero attached hydrogens (tertiary/aromatic N) is 1. The highest BCUT2D eigenvalue weighted by atomic mass is 19.2. The van der Waals surface area contributed by atoms with Crippen LogP contribution >= 0.6 is 0 Å². The molecular formula is C13H15F5N2O. The summed E-state index contributed by atoms with van der Waals surface area (Å²) in [5, 5.41) is 12.0. The smallest absolute Gasteiger partial charge is 0.200 e. The van der Waals surface area contributed by atoms with Crippen molar-refractivity contribution in [2.75, 3.05) is 31.1 Å². The third-order valence-electron chi connectivity index (χ3n) is 3.48. The zero-order valence-electron chi connectivity index (χ0n) is 11.1. The Balaban J connectivity index is 2.39. The van der Waals surface area contributed by atoms with Crippen molar-refractivity contribution in [3.63, 3.8) is 0 Å². The minimum Gasteiger partial charge on any atom is -0.395 e. The fraction of sp³-hybridized carbons (Fsp3) is 0.538. The Kier molecular flexibility index (Phi) is 5.00. The molecule has 1 heterocycles. The van der Waals surface area contributed by atoms with Gasteiger partial charge in [0.15, 0.2) is 23.3 Å². The molecule has 1 atom stereocenters. The maximum Gasteiger partial charge on any atom is 0.200 e. The second kappa shape index (κ2) is 6.57. The van der Waals surface area contributed by atoms with Crippen molar-refractivity contribution in [2.24, 2.45) is 0 Å². The lowest BCUT2D eigenvalue weighted by Gasteiger charge is -2.28. The van der Waals surface area contributed by atoms with Gasteiger partial charge in [0.05, 0.1) is 6.61 Å². The van der Waals surface area contributed by atoms with Crippen molar-refractivity contribution >= 4 is 5.69 Å². The van der Waals surface area contributed by atoms with Gasteiger partial charge in [-0.1, -0.05) is 0 Å². The molecule has 1 saturated heterocycles. The quantitative estimate of drug-likeness (QED) is 0.496. The van der Waals surface area contributed by atoms with E-state index in [1.165, 1.54) is 0 Å². The summed E-state index contributed by atoms with van der Waals surface area (Å²) in [4.78, 5) is 0.985. The fourth-order valence-electron chi connectivity index (χ4n) is 2.46. The molecule has 1 fully saturated rings. The predicted octanol–water partition coefficient (Wildman–Crippen LogP) is 1.93. The number of hydrogen-bond donors (Lipinski definition) is 2. The molecule has 3 nitrogen and oxygen atoms in total. The number of benzene rings is 1. The van der Waals surface area contributed by atoms with Gasteiger partial charge in [0.2, 0.25) is 5.82 Å². The van der Waals surface area contributed by atoms with Crippen LogP contribution in [0.15, 0.2) is 0 Å². The van der Waals surface area contributed by atoms with Gasteiger partial charge in [-0.05, 0) is 19.4 Å². The summed E-state index contributed by atoms with van der Waals surface area (Å²) >= 11 is 0. The monoisotopic (exact) mass is 310 g/mol. The maximum atomic E-state index is 13.8. The summed E-state index contributed by atoms with van der Waals surface area (Å²) < 4.78 is 67.1. The van der Waals surface area contributed by atoms with Crippen molar-refractivity contribution in [1.82, 2.24) is 5.32 Å². The molecule has 0 amide bonds. The van der Waals surface area contributed by atoms with Gasteiger partial charge in [-0.3, -0.25) is 0 Å². The number of aliphatic hydroxyl groups is 1. The van der Waals surface area contributed by atoms with Crippen molar-refractivity contribution < 1.29 is 27.1 Å². The summed E-state index contributed by atoms with van der Waals surface area (Å²) in [5.74, 6) is -9.90. The molecule has 1 aromatic rings. The highest BCUT2D eigenvalue weighted by molar-refractivity contribution is 5.50. The molecule has 21 heavy (non-hydrogen) atoms. The maximum absolute atomic E-state index is 13.8. The Morgan fingerprint density at radius 1 is 1.00 bits per heavy atom. The SMILES string of the molecule is OCCN(CC1CCCN1)c1c(F)c(F)c(F)c(F)c1F. The summed E-state index contributed by atoms with van der Waals surface area (Å²) in [6, 6.07) is -0.119. The van der Waals surface area contributed by atoms with Crippen LogP contribution in [0.3, 0.4) is 0 Å². The lowest BCUT2D eigenvalue weighted by molar-refractivity contribution is 0.298. The van der Waals surface area contributed by atoms with E-state index in [0.717, 1.165) is 24.3 Å². The van der Waals surface area contributed by atoms with E-state index >= 15 is 0 Å². The highest BCUT2D eigenvalue weighted by Crippen LogP contribution is 2.30. The average Bonchev–Trinajstić information content (AvgIpc) is 2.96. The molecule has 2 N–H and O–H groups in total. The first-order valence-electron chi connectivity index (χ1n) is 6.58. The largest absolute Gasteiger partial charge is 0.395 e. The summed E-state index contributed by atoms with van der Waals surface area (Å²) in [6.07, 6.45) is 1.60. The van der Waals surface area contributed by atoms with Crippen LogP contribution in [0.5, 0.6) is 0 Å². The normalized spacial score (nSPS) is 18.3. The molecule has 1 aliphatic heterocycles. The van der Waals surface area contributed by atoms with E-state index in [1.54, 1.807) is 0 Å². The van der Waals surface area contributed by atoms with Crippen LogP contribution in [-0.2, 0) is 0 Å². The first kappa shape index (κ1) is 16.0. The Labute approximate surface area is 118 Å². The third kappa shape index (κ3) is 3.11. The fourth-order valence-corrected chi connectivity index (χ4v) is 2.46. The lowest BCUT2D eigenvalue weighted by Crippen LogP contribution is -2.40. The second-order valence-electron chi connectivity index (χ2n) is 4.88. The predicted molar refractivity (Wildman–Crippen MR) is 66.6 cm³/mol. The Morgan fingerprint density at radius 2 is 1.57 bits per heavy atom. The molecule has 0 aromatic heterocycles. The van der Waals surface area contributed by atoms with E-state index in [4.69, 9.17) is 5.11 Å². The standard InChI is InChI=1S/C13H15F5N2O/c14-8-9(15)11(17)13(12(18)10(8)16)20(4-5-21)6-7-2-1-3-19-7/h7,19,21H,1-6H2. The molecule has 0 bridgehead atoms. The zero-order chi connectivity index (χ0) is 15.6. The highest BCUT2D eigenvalue weighted by Gasteiger charge is 2.30. The minimum absolute atomic E-state index is 0.0545. The Morgan fingerprint density at radius 3 is 2.05 bits per heavy atom. The van der Waals surface area contributed by atoms with Crippen LogP contribution in [0.1, 0.15) is 12.8 Å². The van der Waals surface area contributed by atoms with Crippen molar-refractivity contribution in [3.8, 4) is 0 Å². The average molecular weight is 310 g/mol. The molecule has 0 spiro atoms. The number of rotatable bonds is 5. The van der Waals surface area contributed by atoms with Crippen molar-refractivity contribution in [3.05, 3.63) is 29.1 Å². The van der Waals surface area contributed by atoms with E-state index in [-0.39, 0.29) is 19.1 Å². The third-order valence-corrected chi connectivity index (χ3v) is 3.48. The number of anilines is 1. The van der Waals surface area contributed by atoms with Crippen LogP contribution in [0.25, 0.3) is 0 Å². The summed E-state index contributed by atoms with van der Waals surface area (Å²) in [7, 11) is 0. The van der Waals surface area contributed by atoms with E-state index in [9.17, 15) is 22.0 Å². The Bertz CT molecular complexity index is 491. The molecule has 1 aliphatic rings. The Hall–Kier alpha value is -1.41. The van der Waals surface area contributed by atoms with E-state index in [0.29, 0.717) is 0 Å². The zero-order valence-corrected chi connectivity index (χ0v) is 11.1. The molecule has 8 heteroatoms. The van der Waals surface area contributed by atoms with Gasteiger partial charge in [0.25, 0.3) is 0 Å². The number of nitrogens with one attached hydrogen (secondary N) is 1.